The van der Waals surface area contributed by atoms with E-state index in [9.17, 15) is 14.9 Å². The monoisotopic (exact) mass is 500 g/mol. The number of thioether (sulfide) groups is 1. The average molecular weight is 501 g/mol. The number of hydrogen-bond acceptors (Lipinski definition) is 6. The molecule has 0 spiro atoms. The first kappa shape index (κ1) is 20.5. The van der Waals surface area contributed by atoms with Crippen molar-refractivity contribution in [3.8, 4) is 11.3 Å². The Labute approximate surface area is 189 Å². The van der Waals surface area contributed by atoms with Crippen LogP contribution in [0.3, 0.4) is 0 Å². The Morgan fingerprint density at radius 2 is 2.00 bits per heavy atom. The Morgan fingerprint density at radius 1 is 1.20 bits per heavy atom. The van der Waals surface area contributed by atoms with Crippen molar-refractivity contribution in [2.45, 2.75) is 6.92 Å². The van der Waals surface area contributed by atoms with Crippen molar-refractivity contribution in [2.75, 3.05) is 4.90 Å². The van der Waals surface area contributed by atoms with Gasteiger partial charge in [0, 0.05) is 28.2 Å². The van der Waals surface area contributed by atoms with Crippen molar-refractivity contribution in [3.63, 3.8) is 0 Å². The van der Waals surface area contributed by atoms with Crippen LogP contribution in [-0.4, -0.2) is 15.2 Å². The Morgan fingerprint density at radius 3 is 2.70 bits per heavy atom. The zero-order valence-electron chi connectivity index (χ0n) is 15.5. The van der Waals surface area contributed by atoms with E-state index in [4.69, 9.17) is 16.6 Å². The third kappa shape index (κ3) is 3.96. The SMILES string of the molecule is Cc1cccc(N2C(=O)/C(=C\c3ccc(-c4ccc([N+](=O)[O-])cc4Br)o3)SC2=S)c1. The lowest BCUT2D eigenvalue weighted by Gasteiger charge is -2.14. The van der Waals surface area contributed by atoms with Crippen LogP contribution in [0.5, 0.6) is 0 Å². The van der Waals surface area contributed by atoms with Crippen LogP contribution in [0, 0.1) is 17.0 Å². The summed E-state index contributed by atoms with van der Waals surface area (Å²) >= 11 is 9.96. The fourth-order valence-corrected chi connectivity index (χ4v) is 4.82. The lowest BCUT2D eigenvalue weighted by molar-refractivity contribution is -0.384. The van der Waals surface area contributed by atoms with Crippen LogP contribution in [0.15, 0.2) is 68.4 Å². The van der Waals surface area contributed by atoms with E-state index in [1.165, 1.54) is 28.8 Å². The summed E-state index contributed by atoms with van der Waals surface area (Å²) in [6.07, 6.45) is 1.65. The van der Waals surface area contributed by atoms with E-state index >= 15 is 0 Å². The molecule has 0 bridgehead atoms. The molecule has 0 radical (unpaired) electrons. The van der Waals surface area contributed by atoms with Crippen LogP contribution in [0.2, 0.25) is 0 Å². The lowest BCUT2D eigenvalue weighted by atomic mass is 10.1. The third-order valence-electron chi connectivity index (χ3n) is 4.38. The first-order valence-electron chi connectivity index (χ1n) is 8.72. The molecule has 0 saturated carbocycles. The van der Waals surface area contributed by atoms with Gasteiger partial charge in [-0.05, 0) is 58.7 Å². The lowest BCUT2D eigenvalue weighted by Crippen LogP contribution is -2.27. The Kier molecular flexibility index (Phi) is 5.59. The summed E-state index contributed by atoms with van der Waals surface area (Å²) in [6, 6.07) is 15.5. The Balaban J connectivity index is 1.61. The van der Waals surface area contributed by atoms with Gasteiger partial charge in [-0.25, -0.2) is 0 Å². The maximum absolute atomic E-state index is 12.9. The van der Waals surface area contributed by atoms with Gasteiger partial charge in [0.1, 0.15) is 11.5 Å². The van der Waals surface area contributed by atoms with Crippen LogP contribution >= 0.6 is 39.9 Å². The van der Waals surface area contributed by atoms with Gasteiger partial charge < -0.3 is 4.42 Å². The second-order valence-corrected chi connectivity index (χ2v) is 9.01. The minimum atomic E-state index is -0.460. The quantitative estimate of drug-likeness (QED) is 0.180. The number of nitro benzene ring substituents is 1. The number of aryl methyl sites for hydroxylation is 1. The van der Waals surface area contributed by atoms with Crippen molar-refractivity contribution < 1.29 is 14.1 Å². The number of thiocarbonyl (C=S) groups is 1. The molecule has 1 aromatic heterocycles. The molecule has 9 heteroatoms. The number of nitrogens with zero attached hydrogens (tertiary/aromatic N) is 2. The fraction of sp³-hybridized carbons (Fsp3) is 0.0476. The molecular weight excluding hydrogens is 488 g/mol. The second-order valence-electron chi connectivity index (χ2n) is 6.48. The van der Waals surface area contributed by atoms with E-state index in [1.54, 1.807) is 24.3 Å². The van der Waals surface area contributed by atoms with Crippen molar-refractivity contribution in [1.29, 1.82) is 0 Å². The minimum absolute atomic E-state index is 0.0165. The standard InChI is InChI=1S/C21H13BrN2O4S2/c1-12-3-2-4-13(9-12)23-20(25)19(30-21(23)29)11-15-6-8-18(28-15)16-7-5-14(24(26)27)10-17(16)22/h2-11H,1H3/b19-11+. The van der Waals surface area contributed by atoms with Gasteiger partial charge in [-0.3, -0.25) is 19.8 Å². The number of furan rings is 1. The van der Waals surface area contributed by atoms with Crippen LogP contribution in [0.25, 0.3) is 17.4 Å². The first-order chi connectivity index (χ1) is 14.3. The molecule has 1 aliphatic heterocycles. The average Bonchev–Trinajstić information content (AvgIpc) is 3.26. The molecule has 0 unspecified atom stereocenters. The van der Waals surface area contributed by atoms with Crippen molar-refractivity contribution in [2.24, 2.45) is 0 Å². The highest BCUT2D eigenvalue weighted by molar-refractivity contribution is 9.10. The van der Waals surface area contributed by atoms with Gasteiger partial charge in [0.2, 0.25) is 0 Å². The summed E-state index contributed by atoms with van der Waals surface area (Å²) in [5.41, 5.74) is 2.43. The molecule has 0 aliphatic carbocycles. The van der Waals surface area contributed by atoms with Gasteiger partial charge in [0.05, 0.1) is 15.5 Å². The van der Waals surface area contributed by atoms with Gasteiger partial charge in [0.25, 0.3) is 11.6 Å². The number of amides is 1. The van der Waals surface area contributed by atoms with Crippen molar-refractivity contribution in [1.82, 2.24) is 0 Å². The summed E-state index contributed by atoms with van der Waals surface area (Å²) in [5, 5.41) is 10.9. The zero-order chi connectivity index (χ0) is 21.4. The molecule has 2 heterocycles. The number of nitro groups is 1. The van der Waals surface area contributed by atoms with Crippen LogP contribution in [0.4, 0.5) is 11.4 Å². The van der Waals surface area contributed by atoms with Crippen molar-refractivity contribution in [3.05, 3.63) is 85.4 Å². The maximum atomic E-state index is 12.9. The Hall–Kier alpha value is -2.75. The smallest absolute Gasteiger partial charge is 0.270 e. The number of hydrogen-bond donors (Lipinski definition) is 0. The van der Waals surface area contributed by atoms with Crippen LogP contribution < -0.4 is 4.90 Å². The van der Waals surface area contributed by atoms with Gasteiger partial charge in [0.15, 0.2) is 4.32 Å². The number of non-ortho nitro benzene ring substituents is 1. The van der Waals surface area contributed by atoms with E-state index in [0.717, 1.165) is 11.3 Å². The molecule has 1 aliphatic rings. The number of benzene rings is 2. The molecule has 30 heavy (non-hydrogen) atoms. The van der Waals surface area contributed by atoms with Crippen molar-refractivity contribution >= 4 is 67.6 Å². The minimum Gasteiger partial charge on any atom is -0.457 e. The van der Waals surface area contributed by atoms with E-state index in [0.29, 0.717) is 30.8 Å². The fourth-order valence-electron chi connectivity index (χ4n) is 2.98. The first-order valence-corrected chi connectivity index (χ1v) is 10.7. The molecule has 1 fully saturated rings. The molecular formula is C21H13BrN2O4S2. The van der Waals surface area contributed by atoms with Gasteiger partial charge >= 0.3 is 0 Å². The third-order valence-corrected chi connectivity index (χ3v) is 6.34. The molecule has 4 rings (SSSR count). The topological polar surface area (TPSA) is 76.6 Å². The van der Waals surface area contributed by atoms with E-state index in [1.807, 2.05) is 31.2 Å². The zero-order valence-corrected chi connectivity index (χ0v) is 18.7. The number of carbonyl (C=O) groups excluding carboxylic acids is 1. The highest BCUT2D eigenvalue weighted by Gasteiger charge is 2.33. The molecule has 1 saturated heterocycles. The van der Waals surface area contributed by atoms with E-state index < -0.39 is 4.92 Å². The number of carbonyl (C=O) groups is 1. The molecule has 0 N–H and O–H groups in total. The van der Waals surface area contributed by atoms with E-state index in [-0.39, 0.29) is 11.6 Å². The summed E-state index contributed by atoms with van der Waals surface area (Å²) in [7, 11) is 0. The summed E-state index contributed by atoms with van der Waals surface area (Å²) in [5.74, 6) is 0.808. The number of anilines is 1. The highest BCUT2D eigenvalue weighted by atomic mass is 79.9. The van der Waals surface area contributed by atoms with Gasteiger partial charge in [-0.2, -0.15) is 0 Å². The van der Waals surface area contributed by atoms with Gasteiger partial charge in [-0.15, -0.1) is 0 Å². The van der Waals surface area contributed by atoms with Crippen LogP contribution in [-0.2, 0) is 4.79 Å². The number of rotatable bonds is 4. The normalized spacial score (nSPS) is 15.3. The molecule has 2 aromatic carbocycles. The second kappa shape index (κ2) is 8.17. The predicted octanol–water partition coefficient (Wildman–Crippen LogP) is 6.33. The summed E-state index contributed by atoms with van der Waals surface area (Å²) < 4.78 is 6.86. The molecule has 1 amide bonds. The largest absolute Gasteiger partial charge is 0.457 e. The molecule has 0 atom stereocenters. The van der Waals surface area contributed by atoms with E-state index in [2.05, 4.69) is 15.9 Å². The highest BCUT2D eigenvalue weighted by Crippen LogP contribution is 2.37. The molecule has 3 aromatic rings. The number of halogens is 1. The molecule has 150 valence electrons. The molecule has 6 nitrogen and oxygen atoms in total. The van der Waals surface area contributed by atoms with Crippen LogP contribution in [0.1, 0.15) is 11.3 Å². The Bertz CT molecular complexity index is 1240. The maximum Gasteiger partial charge on any atom is 0.270 e. The summed E-state index contributed by atoms with van der Waals surface area (Å²) in [4.78, 5) is 25.3. The summed E-state index contributed by atoms with van der Waals surface area (Å²) in [6.45, 7) is 1.96. The van der Waals surface area contributed by atoms with Gasteiger partial charge in [-0.1, -0.05) is 36.1 Å². The predicted molar refractivity (Wildman–Crippen MR) is 125 cm³/mol.